The molecule has 0 fully saturated rings. The Morgan fingerprint density at radius 2 is 2.11 bits per heavy atom. The van der Waals surface area contributed by atoms with E-state index in [0.29, 0.717) is 12.2 Å². The number of carbonyl (C=O) groups excluding carboxylic acids is 1. The van der Waals surface area contributed by atoms with Crippen molar-refractivity contribution in [2.75, 3.05) is 11.4 Å². The molecule has 0 amide bonds. The van der Waals surface area contributed by atoms with Gasteiger partial charge >= 0.3 is 0 Å². The van der Waals surface area contributed by atoms with E-state index in [2.05, 4.69) is 0 Å². The highest BCUT2D eigenvalue weighted by Gasteiger charge is 2.17. The predicted octanol–water partition coefficient (Wildman–Crippen LogP) is 4.12. The molecule has 0 aliphatic carbocycles. The number of hydrogen-bond donors (Lipinski definition) is 0. The lowest BCUT2D eigenvalue weighted by atomic mass is 10.1. The van der Waals surface area contributed by atoms with Crippen molar-refractivity contribution >= 4 is 22.8 Å². The van der Waals surface area contributed by atoms with Gasteiger partial charge in [0.15, 0.2) is 5.78 Å². The number of benzene rings is 1. The lowest BCUT2D eigenvalue weighted by molar-refractivity contribution is 0.101. The first-order valence-corrected chi connectivity index (χ1v) is 7.08. The molecule has 100 valence electrons. The Morgan fingerprint density at radius 1 is 1.32 bits per heavy atom. The molecule has 2 aromatic rings. The Bertz CT molecular complexity index is 566. The van der Waals surface area contributed by atoms with E-state index in [-0.39, 0.29) is 11.3 Å². The highest BCUT2D eigenvalue weighted by molar-refractivity contribution is 7.09. The van der Waals surface area contributed by atoms with Crippen LogP contribution in [0.2, 0.25) is 0 Å². The maximum Gasteiger partial charge on any atom is 0.164 e. The van der Waals surface area contributed by atoms with Crippen molar-refractivity contribution in [1.29, 1.82) is 0 Å². The van der Waals surface area contributed by atoms with Crippen LogP contribution in [-0.4, -0.2) is 12.3 Å². The van der Waals surface area contributed by atoms with Crippen molar-refractivity contribution in [3.63, 3.8) is 0 Å². The summed E-state index contributed by atoms with van der Waals surface area (Å²) in [5.41, 5.74) is 0.851. The van der Waals surface area contributed by atoms with Gasteiger partial charge in [0, 0.05) is 11.4 Å². The number of Topliss-reactive ketones (excluding diaryl/α,β-unsaturated/α-hetero) is 1. The minimum absolute atomic E-state index is 0.181. The molecule has 0 bridgehead atoms. The van der Waals surface area contributed by atoms with Crippen LogP contribution in [0.5, 0.6) is 0 Å². The number of carbonyl (C=O) groups is 1. The second-order valence-electron chi connectivity index (χ2n) is 4.28. The largest absolute Gasteiger partial charge is 0.366 e. The van der Waals surface area contributed by atoms with E-state index in [1.807, 2.05) is 29.3 Å². The highest BCUT2D eigenvalue weighted by Crippen LogP contribution is 2.26. The lowest BCUT2D eigenvalue weighted by Crippen LogP contribution is -2.24. The van der Waals surface area contributed by atoms with Crippen LogP contribution in [0.3, 0.4) is 0 Å². The van der Waals surface area contributed by atoms with Crippen LogP contribution >= 0.6 is 11.3 Å². The molecule has 0 aliphatic heterocycles. The smallest absolute Gasteiger partial charge is 0.164 e. The summed E-state index contributed by atoms with van der Waals surface area (Å²) in [6, 6.07) is 8.82. The molecule has 1 aromatic carbocycles. The van der Waals surface area contributed by atoms with E-state index in [4.69, 9.17) is 0 Å². The molecule has 0 radical (unpaired) electrons. The van der Waals surface area contributed by atoms with Crippen LogP contribution in [0.25, 0.3) is 0 Å². The summed E-state index contributed by atoms with van der Waals surface area (Å²) in [4.78, 5) is 14.9. The maximum atomic E-state index is 13.8. The molecule has 0 saturated heterocycles. The number of hydrogen-bond acceptors (Lipinski definition) is 3. The van der Waals surface area contributed by atoms with Crippen molar-refractivity contribution in [3.8, 4) is 0 Å². The van der Waals surface area contributed by atoms with Crippen molar-refractivity contribution in [2.24, 2.45) is 0 Å². The highest BCUT2D eigenvalue weighted by atomic mass is 32.1. The molecule has 2 nitrogen and oxygen atoms in total. The molecular formula is C15H16FNOS. The van der Waals surface area contributed by atoms with Crippen molar-refractivity contribution in [2.45, 2.75) is 20.4 Å². The number of anilines is 1. The fraction of sp³-hybridized carbons (Fsp3) is 0.267. The fourth-order valence-corrected chi connectivity index (χ4v) is 2.80. The number of nitrogens with zero attached hydrogens (tertiary/aromatic N) is 1. The molecule has 0 N–H and O–H groups in total. The molecule has 0 unspecified atom stereocenters. The van der Waals surface area contributed by atoms with Gasteiger partial charge in [0.2, 0.25) is 0 Å². The zero-order chi connectivity index (χ0) is 13.8. The Balaban J connectivity index is 2.38. The summed E-state index contributed by atoms with van der Waals surface area (Å²) in [7, 11) is 0. The first-order chi connectivity index (χ1) is 9.13. The maximum absolute atomic E-state index is 13.8. The van der Waals surface area contributed by atoms with Crippen LogP contribution in [0.15, 0.2) is 35.7 Å². The van der Waals surface area contributed by atoms with E-state index in [1.54, 1.807) is 23.5 Å². The van der Waals surface area contributed by atoms with Gasteiger partial charge in [-0.25, -0.2) is 4.39 Å². The number of thiophene rings is 1. The third kappa shape index (κ3) is 3.01. The molecule has 2 rings (SSSR count). The first kappa shape index (κ1) is 13.7. The second kappa shape index (κ2) is 5.97. The summed E-state index contributed by atoms with van der Waals surface area (Å²) < 4.78 is 13.8. The Morgan fingerprint density at radius 3 is 2.68 bits per heavy atom. The molecular weight excluding hydrogens is 261 g/mol. The molecule has 0 aliphatic rings. The standard InChI is InChI=1S/C15H16FNOS/c1-3-17(10-12-6-5-9-19-12)14-8-4-7-13(16)15(14)11(2)18/h4-9H,3,10H2,1-2H3. The molecule has 4 heteroatoms. The zero-order valence-electron chi connectivity index (χ0n) is 11.0. The first-order valence-electron chi connectivity index (χ1n) is 6.20. The number of ketones is 1. The van der Waals surface area contributed by atoms with Crippen LogP contribution in [0.4, 0.5) is 10.1 Å². The van der Waals surface area contributed by atoms with Gasteiger partial charge in [-0.3, -0.25) is 4.79 Å². The van der Waals surface area contributed by atoms with E-state index in [0.717, 1.165) is 6.54 Å². The topological polar surface area (TPSA) is 20.3 Å². The number of halogens is 1. The van der Waals surface area contributed by atoms with Crippen LogP contribution < -0.4 is 4.90 Å². The Labute approximate surface area is 116 Å². The summed E-state index contributed by atoms with van der Waals surface area (Å²) in [5, 5.41) is 2.01. The minimum Gasteiger partial charge on any atom is -0.366 e. The quantitative estimate of drug-likeness (QED) is 0.766. The van der Waals surface area contributed by atoms with Crippen LogP contribution in [0, 0.1) is 5.82 Å². The summed E-state index contributed by atoms with van der Waals surface area (Å²) >= 11 is 1.66. The monoisotopic (exact) mass is 277 g/mol. The third-order valence-corrected chi connectivity index (χ3v) is 3.85. The molecule has 1 aromatic heterocycles. The molecule has 0 spiro atoms. The average Bonchev–Trinajstić information content (AvgIpc) is 2.88. The minimum atomic E-state index is -0.449. The molecule has 1 heterocycles. The van der Waals surface area contributed by atoms with Crippen molar-refractivity contribution < 1.29 is 9.18 Å². The van der Waals surface area contributed by atoms with Gasteiger partial charge in [-0.15, -0.1) is 11.3 Å². The van der Waals surface area contributed by atoms with Crippen molar-refractivity contribution in [1.82, 2.24) is 0 Å². The molecule has 19 heavy (non-hydrogen) atoms. The van der Waals surface area contributed by atoms with E-state index in [1.165, 1.54) is 17.9 Å². The van der Waals surface area contributed by atoms with E-state index >= 15 is 0 Å². The predicted molar refractivity (Wildman–Crippen MR) is 77.4 cm³/mol. The van der Waals surface area contributed by atoms with Crippen LogP contribution in [0.1, 0.15) is 29.1 Å². The fourth-order valence-electron chi connectivity index (χ4n) is 2.08. The van der Waals surface area contributed by atoms with E-state index in [9.17, 15) is 9.18 Å². The van der Waals surface area contributed by atoms with Crippen LogP contribution in [-0.2, 0) is 6.54 Å². The normalized spacial score (nSPS) is 10.5. The SMILES string of the molecule is CCN(Cc1cccs1)c1cccc(F)c1C(C)=O. The summed E-state index contributed by atoms with van der Waals surface area (Å²) in [5.74, 6) is -0.688. The number of rotatable bonds is 5. The van der Waals surface area contributed by atoms with Gasteiger partial charge in [-0.05, 0) is 37.4 Å². The Kier molecular flexibility index (Phi) is 4.32. The van der Waals surface area contributed by atoms with Gasteiger partial charge in [0.1, 0.15) is 5.82 Å². The lowest BCUT2D eigenvalue weighted by Gasteiger charge is -2.24. The second-order valence-corrected chi connectivity index (χ2v) is 5.32. The zero-order valence-corrected chi connectivity index (χ0v) is 11.8. The van der Waals surface area contributed by atoms with Crippen molar-refractivity contribution in [3.05, 3.63) is 52.0 Å². The van der Waals surface area contributed by atoms with Gasteiger partial charge in [-0.1, -0.05) is 12.1 Å². The van der Waals surface area contributed by atoms with Gasteiger partial charge in [0.05, 0.1) is 17.8 Å². The summed E-state index contributed by atoms with van der Waals surface area (Å²) in [6.45, 7) is 4.82. The average molecular weight is 277 g/mol. The van der Waals surface area contributed by atoms with Gasteiger partial charge in [-0.2, -0.15) is 0 Å². The third-order valence-electron chi connectivity index (χ3n) is 2.99. The molecule has 0 atom stereocenters. The molecule has 0 saturated carbocycles. The van der Waals surface area contributed by atoms with Gasteiger partial charge in [0.25, 0.3) is 0 Å². The summed E-state index contributed by atoms with van der Waals surface area (Å²) in [6.07, 6.45) is 0. The van der Waals surface area contributed by atoms with Gasteiger partial charge < -0.3 is 4.90 Å². The van der Waals surface area contributed by atoms with E-state index < -0.39 is 5.82 Å². The Hall–Kier alpha value is -1.68.